The van der Waals surface area contributed by atoms with Crippen molar-refractivity contribution in [1.29, 1.82) is 0 Å². The highest BCUT2D eigenvalue weighted by atomic mass is 16.4. The Kier molecular flexibility index (Phi) is 14.7. The Balaban J connectivity index is 3.56. The van der Waals surface area contributed by atoms with Gasteiger partial charge in [-0.05, 0) is 44.9 Å². The SMILES string of the molecule is [2H]/C(=C/C/C=C\C/C=C\C/C=C\CCCC(=O)O)CCCCC. The van der Waals surface area contributed by atoms with E-state index in [2.05, 4.69) is 37.3 Å². The lowest BCUT2D eigenvalue weighted by molar-refractivity contribution is -0.137. The summed E-state index contributed by atoms with van der Waals surface area (Å²) in [6.07, 6.45) is 23.5. The summed E-state index contributed by atoms with van der Waals surface area (Å²) in [5, 5.41) is 8.50. The van der Waals surface area contributed by atoms with E-state index in [0.29, 0.717) is 6.42 Å². The maximum Gasteiger partial charge on any atom is 0.303 e. The van der Waals surface area contributed by atoms with Crippen molar-refractivity contribution < 1.29 is 11.3 Å². The quantitative estimate of drug-likeness (QED) is 0.306. The second-order valence-corrected chi connectivity index (χ2v) is 5.27. The number of carbonyl (C=O) groups is 1. The van der Waals surface area contributed by atoms with Gasteiger partial charge in [-0.1, -0.05) is 68.3 Å². The average molecular weight is 305 g/mol. The van der Waals surface area contributed by atoms with Gasteiger partial charge >= 0.3 is 5.97 Å². The minimum atomic E-state index is -0.724. The van der Waals surface area contributed by atoms with Crippen LogP contribution in [0.15, 0.2) is 48.6 Å². The molecule has 0 aromatic rings. The number of rotatable bonds is 14. The van der Waals surface area contributed by atoms with Crippen LogP contribution in [0, 0.1) is 0 Å². The largest absolute Gasteiger partial charge is 0.481 e. The van der Waals surface area contributed by atoms with E-state index >= 15 is 0 Å². The van der Waals surface area contributed by atoms with E-state index in [0.717, 1.165) is 44.6 Å². The molecule has 0 unspecified atom stereocenters. The van der Waals surface area contributed by atoms with Gasteiger partial charge in [0.05, 0.1) is 1.37 Å². The van der Waals surface area contributed by atoms with Gasteiger partial charge in [-0.15, -0.1) is 0 Å². The molecule has 0 saturated carbocycles. The third kappa shape index (κ3) is 18.4. The van der Waals surface area contributed by atoms with Crippen LogP contribution in [0.1, 0.15) is 72.5 Å². The van der Waals surface area contributed by atoms with Crippen molar-refractivity contribution in [3.8, 4) is 0 Å². The van der Waals surface area contributed by atoms with E-state index in [1.807, 2.05) is 12.2 Å². The number of unbranched alkanes of at least 4 members (excludes halogenated alkanes) is 3. The Bertz CT molecular complexity index is 406. The van der Waals surface area contributed by atoms with Crippen LogP contribution >= 0.6 is 0 Å². The van der Waals surface area contributed by atoms with Gasteiger partial charge in [0.25, 0.3) is 0 Å². The zero-order chi connectivity index (χ0) is 17.2. The number of hydrogen-bond acceptors (Lipinski definition) is 1. The van der Waals surface area contributed by atoms with E-state index in [-0.39, 0.29) is 6.42 Å². The first-order chi connectivity index (χ1) is 11.2. The molecular formula is C20H32O2. The Morgan fingerprint density at radius 1 is 0.864 bits per heavy atom. The first-order valence-electron chi connectivity index (χ1n) is 8.99. The molecule has 22 heavy (non-hydrogen) atoms. The first-order valence-corrected chi connectivity index (χ1v) is 8.49. The molecule has 0 aliphatic carbocycles. The molecule has 0 spiro atoms. The summed E-state index contributed by atoms with van der Waals surface area (Å²) in [4.78, 5) is 10.3. The van der Waals surface area contributed by atoms with E-state index in [1.165, 1.54) is 12.8 Å². The summed E-state index contributed by atoms with van der Waals surface area (Å²) in [6.45, 7) is 2.18. The average Bonchev–Trinajstić information content (AvgIpc) is 2.51. The number of allylic oxidation sites excluding steroid dienone is 8. The molecule has 0 amide bonds. The minimum Gasteiger partial charge on any atom is -0.481 e. The van der Waals surface area contributed by atoms with Crippen molar-refractivity contribution in [3.05, 3.63) is 48.6 Å². The van der Waals surface area contributed by atoms with Gasteiger partial charge < -0.3 is 5.11 Å². The topological polar surface area (TPSA) is 37.3 Å². The van der Waals surface area contributed by atoms with Crippen molar-refractivity contribution in [3.63, 3.8) is 0 Å². The van der Waals surface area contributed by atoms with Crippen molar-refractivity contribution in [2.24, 2.45) is 0 Å². The molecule has 0 aliphatic rings. The highest BCUT2D eigenvalue weighted by Crippen LogP contribution is 2.01. The molecule has 0 atom stereocenters. The molecule has 1 N–H and O–H groups in total. The van der Waals surface area contributed by atoms with Gasteiger partial charge in [0, 0.05) is 6.42 Å². The standard InChI is InChI=1S/C20H32O2/c1-2-3-4-5-6-7-8-9-10-11-12-13-14-15-16-17-18-19-20(21)22/h6-7,9-10,12-13,15-16H,2-5,8,11,14,17-19H2,1H3,(H,21,22)/b7-6-,10-9-,13-12-,16-15-/i6D. The monoisotopic (exact) mass is 305 g/mol. The fourth-order valence-electron chi connectivity index (χ4n) is 1.86. The van der Waals surface area contributed by atoms with Crippen LogP contribution in [0.5, 0.6) is 0 Å². The fourth-order valence-corrected chi connectivity index (χ4v) is 1.86. The predicted molar refractivity (Wildman–Crippen MR) is 96.0 cm³/mol. The molecule has 0 radical (unpaired) electrons. The molecule has 2 heteroatoms. The lowest BCUT2D eigenvalue weighted by Crippen LogP contribution is -1.92. The summed E-state index contributed by atoms with van der Waals surface area (Å²) in [6, 6.07) is 0.756. The van der Waals surface area contributed by atoms with E-state index in [9.17, 15) is 4.79 Å². The Morgan fingerprint density at radius 2 is 1.45 bits per heavy atom. The van der Waals surface area contributed by atoms with Crippen molar-refractivity contribution in [1.82, 2.24) is 0 Å². The molecule has 0 aliphatic heterocycles. The van der Waals surface area contributed by atoms with E-state index < -0.39 is 5.97 Å². The van der Waals surface area contributed by atoms with Crippen LogP contribution in [-0.2, 0) is 4.79 Å². The lowest BCUT2D eigenvalue weighted by Gasteiger charge is -1.90. The van der Waals surface area contributed by atoms with Crippen molar-refractivity contribution in [2.75, 3.05) is 0 Å². The zero-order valence-electron chi connectivity index (χ0n) is 15.0. The molecule has 0 heterocycles. The second-order valence-electron chi connectivity index (χ2n) is 5.27. The van der Waals surface area contributed by atoms with Crippen LogP contribution in [0.3, 0.4) is 0 Å². The minimum absolute atomic E-state index is 0.248. The highest BCUT2D eigenvalue weighted by Gasteiger charge is 1.92. The summed E-state index contributed by atoms with van der Waals surface area (Å²) >= 11 is 0. The molecule has 0 aromatic heterocycles. The Hall–Kier alpha value is -1.57. The fraction of sp³-hybridized carbons (Fsp3) is 0.550. The van der Waals surface area contributed by atoms with Crippen LogP contribution < -0.4 is 0 Å². The maximum atomic E-state index is 10.3. The molecule has 0 fully saturated rings. The predicted octanol–water partition coefficient (Wildman–Crippen LogP) is 6.22. The van der Waals surface area contributed by atoms with Crippen molar-refractivity contribution in [2.45, 2.75) is 71.1 Å². The number of carboxylic acid groups (broad SMARTS) is 1. The Labute approximate surface area is 137 Å². The van der Waals surface area contributed by atoms with Gasteiger partial charge in [-0.25, -0.2) is 0 Å². The first kappa shape index (κ1) is 18.5. The van der Waals surface area contributed by atoms with E-state index in [1.54, 1.807) is 0 Å². The number of aliphatic carboxylic acids is 1. The molecule has 0 aromatic carbocycles. The van der Waals surface area contributed by atoms with Crippen LogP contribution in [0.4, 0.5) is 0 Å². The van der Waals surface area contributed by atoms with Crippen molar-refractivity contribution >= 4 is 5.97 Å². The van der Waals surface area contributed by atoms with E-state index in [4.69, 9.17) is 6.48 Å². The van der Waals surface area contributed by atoms with Gasteiger partial charge in [0.2, 0.25) is 0 Å². The summed E-state index contributed by atoms with van der Waals surface area (Å²) < 4.78 is 7.79. The van der Waals surface area contributed by atoms with Crippen LogP contribution in [0.25, 0.3) is 0 Å². The molecule has 0 bridgehead atoms. The third-order valence-corrected chi connectivity index (χ3v) is 3.13. The van der Waals surface area contributed by atoms with Crippen LogP contribution in [0.2, 0.25) is 0 Å². The molecule has 0 saturated heterocycles. The van der Waals surface area contributed by atoms with Gasteiger partial charge in [-0.2, -0.15) is 0 Å². The lowest BCUT2D eigenvalue weighted by atomic mass is 10.2. The molecule has 124 valence electrons. The number of hydrogen-bond donors (Lipinski definition) is 1. The van der Waals surface area contributed by atoms with Crippen LogP contribution in [-0.4, -0.2) is 11.1 Å². The number of carboxylic acids is 1. The molecule has 2 nitrogen and oxygen atoms in total. The third-order valence-electron chi connectivity index (χ3n) is 3.13. The summed E-state index contributed by atoms with van der Waals surface area (Å²) in [5.74, 6) is -0.724. The second kappa shape index (κ2) is 17.5. The summed E-state index contributed by atoms with van der Waals surface area (Å²) in [5.41, 5.74) is 0. The summed E-state index contributed by atoms with van der Waals surface area (Å²) in [7, 11) is 0. The maximum absolute atomic E-state index is 10.3. The highest BCUT2D eigenvalue weighted by molar-refractivity contribution is 5.66. The Morgan fingerprint density at radius 3 is 2.05 bits per heavy atom. The van der Waals surface area contributed by atoms with Gasteiger partial charge in [0.15, 0.2) is 0 Å². The van der Waals surface area contributed by atoms with Gasteiger partial charge in [0.1, 0.15) is 0 Å². The molecule has 0 rings (SSSR count). The van der Waals surface area contributed by atoms with Gasteiger partial charge in [-0.3, -0.25) is 4.79 Å². The zero-order valence-corrected chi connectivity index (χ0v) is 14.0. The normalized spacial score (nSPS) is 13.5. The smallest absolute Gasteiger partial charge is 0.303 e. The molecular weight excluding hydrogens is 272 g/mol.